The maximum absolute atomic E-state index is 11.7. The Hall–Kier alpha value is -1.71. The highest BCUT2D eigenvalue weighted by Crippen LogP contribution is 2.28. The van der Waals surface area contributed by atoms with E-state index in [4.69, 9.17) is 4.74 Å². The standard InChI is InChI=1S/C13H18O4/c1-8-10(14)5-9(6-11(8)15)12(16)17-7-13(2,3)4/h5-6,14-15H,7H2,1-4H3. The van der Waals surface area contributed by atoms with Gasteiger partial charge in [0.25, 0.3) is 0 Å². The summed E-state index contributed by atoms with van der Waals surface area (Å²) in [4.78, 5) is 11.7. The number of rotatable bonds is 2. The number of carbonyl (C=O) groups is 1. The van der Waals surface area contributed by atoms with Gasteiger partial charge in [0.2, 0.25) is 0 Å². The van der Waals surface area contributed by atoms with Gasteiger partial charge in [0.15, 0.2) is 0 Å². The maximum atomic E-state index is 11.7. The van der Waals surface area contributed by atoms with Crippen molar-refractivity contribution < 1.29 is 19.7 Å². The molecule has 0 atom stereocenters. The zero-order valence-corrected chi connectivity index (χ0v) is 10.6. The summed E-state index contributed by atoms with van der Waals surface area (Å²) in [6, 6.07) is 2.58. The van der Waals surface area contributed by atoms with Crippen LogP contribution in [-0.4, -0.2) is 22.8 Å². The van der Waals surface area contributed by atoms with E-state index in [0.29, 0.717) is 5.56 Å². The van der Waals surface area contributed by atoms with E-state index in [0.717, 1.165) is 0 Å². The number of benzene rings is 1. The van der Waals surface area contributed by atoms with Gasteiger partial charge in [-0.25, -0.2) is 4.79 Å². The molecule has 1 rings (SSSR count). The molecule has 1 aromatic carbocycles. The lowest BCUT2D eigenvalue weighted by Crippen LogP contribution is -2.18. The highest BCUT2D eigenvalue weighted by Gasteiger charge is 2.17. The zero-order chi connectivity index (χ0) is 13.2. The molecular weight excluding hydrogens is 220 g/mol. The lowest BCUT2D eigenvalue weighted by molar-refractivity contribution is 0.0366. The summed E-state index contributed by atoms with van der Waals surface area (Å²) >= 11 is 0. The number of aromatic hydroxyl groups is 2. The third-order valence-electron chi connectivity index (χ3n) is 2.22. The van der Waals surface area contributed by atoms with Gasteiger partial charge in [-0.3, -0.25) is 0 Å². The van der Waals surface area contributed by atoms with Crippen molar-refractivity contribution in [3.63, 3.8) is 0 Å². The fraction of sp³-hybridized carbons (Fsp3) is 0.462. The summed E-state index contributed by atoms with van der Waals surface area (Å²) in [5, 5.41) is 19.0. The van der Waals surface area contributed by atoms with Crippen LogP contribution in [0.2, 0.25) is 0 Å². The van der Waals surface area contributed by atoms with Crippen molar-refractivity contribution in [2.24, 2.45) is 5.41 Å². The average molecular weight is 238 g/mol. The number of hydrogen-bond donors (Lipinski definition) is 2. The molecule has 2 N–H and O–H groups in total. The van der Waals surface area contributed by atoms with Crippen molar-refractivity contribution in [1.29, 1.82) is 0 Å². The van der Waals surface area contributed by atoms with Gasteiger partial charge in [-0.05, 0) is 24.5 Å². The molecule has 0 amide bonds. The first-order valence-corrected chi connectivity index (χ1v) is 5.40. The zero-order valence-electron chi connectivity index (χ0n) is 10.6. The van der Waals surface area contributed by atoms with Gasteiger partial charge in [-0.15, -0.1) is 0 Å². The first kappa shape index (κ1) is 13.4. The molecule has 0 radical (unpaired) electrons. The third kappa shape index (κ3) is 3.66. The molecule has 0 fully saturated rings. The number of phenolic OH excluding ortho intramolecular Hbond substituents is 2. The second-order valence-corrected chi connectivity index (χ2v) is 5.28. The Bertz CT molecular complexity index is 407. The van der Waals surface area contributed by atoms with Crippen LogP contribution in [0.1, 0.15) is 36.7 Å². The highest BCUT2D eigenvalue weighted by atomic mass is 16.5. The number of esters is 1. The van der Waals surface area contributed by atoms with Gasteiger partial charge in [0.05, 0.1) is 12.2 Å². The largest absolute Gasteiger partial charge is 0.508 e. The smallest absolute Gasteiger partial charge is 0.338 e. The Morgan fingerprint density at radius 3 is 2.12 bits per heavy atom. The van der Waals surface area contributed by atoms with Gasteiger partial charge in [-0.2, -0.15) is 0 Å². The molecular formula is C13H18O4. The van der Waals surface area contributed by atoms with E-state index in [1.54, 1.807) is 6.92 Å². The molecule has 4 nitrogen and oxygen atoms in total. The van der Waals surface area contributed by atoms with Crippen molar-refractivity contribution in [1.82, 2.24) is 0 Å². The SMILES string of the molecule is Cc1c(O)cc(C(=O)OCC(C)(C)C)cc1O. The summed E-state index contributed by atoms with van der Waals surface area (Å²) in [6.07, 6.45) is 0. The van der Waals surface area contributed by atoms with E-state index >= 15 is 0 Å². The number of carbonyl (C=O) groups excluding carboxylic acids is 1. The minimum absolute atomic E-state index is 0.118. The van der Waals surface area contributed by atoms with Gasteiger partial charge >= 0.3 is 5.97 Å². The van der Waals surface area contributed by atoms with Crippen molar-refractivity contribution in [2.75, 3.05) is 6.61 Å². The first-order valence-electron chi connectivity index (χ1n) is 5.40. The molecule has 0 saturated heterocycles. The molecule has 0 aromatic heterocycles. The van der Waals surface area contributed by atoms with Crippen LogP contribution in [0.4, 0.5) is 0 Å². The van der Waals surface area contributed by atoms with Crippen LogP contribution in [0.3, 0.4) is 0 Å². The van der Waals surface area contributed by atoms with Crippen molar-refractivity contribution in [2.45, 2.75) is 27.7 Å². The van der Waals surface area contributed by atoms with Crippen molar-refractivity contribution >= 4 is 5.97 Å². The normalized spacial score (nSPS) is 11.3. The molecule has 0 saturated carbocycles. The molecule has 17 heavy (non-hydrogen) atoms. The fourth-order valence-electron chi connectivity index (χ4n) is 1.17. The van der Waals surface area contributed by atoms with Gasteiger partial charge in [0.1, 0.15) is 11.5 Å². The van der Waals surface area contributed by atoms with E-state index in [9.17, 15) is 15.0 Å². The van der Waals surface area contributed by atoms with E-state index in [1.807, 2.05) is 20.8 Å². The number of phenols is 2. The molecule has 0 bridgehead atoms. The van der Waals surface area contributed by atoms with Crippen LogP contribution in [-0.2, 0) is 4.74 Å². The molecule has 1 aromatic rings. The van der Waals surface area contributed by atoms with Crippen LogP contribution in [0.25, 0.3) is 0 Å². The summed E-state index contributed by atoms with van der Waals surface area (Å²) < 4.78 is 5.08. The predicted octanol–water partition coefficient (Wildman–Crippen LogP) is 2.61. The molecule has 94 valence electrons. The van der Waals surface area contributed by atoms with E-state index in [2.05, 4.69) is 0 Å². The Morgan fingerprint density at radius 1 is 1.24 bits per heavy atom. The number of hydrogen-bond acceptors (Lipinski definition) is 4. The Morgan fingerprint density at radius 2 is 1.71 bits per heavy atom. The highest BCUT2D eigenvalue weighted by molar-refractivity contribution is 5.90. The van der Waals surface area contributed by atoms with Crippen LogP contribution in [0.5, 0.6) is 11.5 Å². The summed E-state index contributed by atoms with van der Waals surface area (Å²) in [5.74, 6) is -0.786. The summed E-state index contributed by atoms with van der Waals surface area (Å²) in [5.41, 5.74) is 0.372. The quantitative estimate of drug-likeness (QED) is 0.777. The summed E-state index contributed by atoms with van der Waals surface area (Å²) in [7, 11) is 0. The van der Waals surface area contributed by atoms with E-state index in [-0.39, 0.29) is 29.1 Å². The van der Waals surface area contributed by atoms with Crippen molar-refractivity contribution in [3.05, 3.63) is 23.3 Å². The average Bonchev–Trinajstić information content (AvgIpc) is 2.20. The third-order valence-corrected chi connectivity index (χ3v) is 2.22. The Kier molecular flexibility index (Phi) is 3.66. The molecule has 0 aliphatic heterocycles. The molecule has 0 aliphatic rings. The summed E-state index contributed by atoms with van der Waals surface area (Å²) in [6.45, 7) is 7.69. The van der Waals surface area contributed by atoms with Crippen LogP contribution < -0.4 is 0 Å². The van der Waals surface area contributed by atoms with Crippen molar-refractivity contribution in [3.8, 4) is 11.5 Å². The fourth-order valence-corrected chi connectivity index (χ4v) is 1.17. The van der Waals surface area contributed by atoms with Crippen LogP contribution in [0.15, 0.2) is 12.1 Å². The van der Waals surface area contributed by atoms with Crippen LogP contribution >= 0.6 is 0 Å². The van der Waals surface area contributed by atoms with Gasteiger partial charge in [0, 0.05) is 5.56 Å². The predicted molar refractivity (Wildman–Crippen MR) is 64.2 cm³/mol. The maximum Gasteiger partial charge on any atom is 0.338 e. The lowest BCUT2D eigenvalue weighted by Gasteiger charge is -2.18. The van der Waals surface area contributed by atoms with E-state index < -0.39 is 5.97 Å². The second kappa shape index (κ2) is 4.65. The first-order chi connectivity index (χ1) is 7.70. The second-order valence-electron chi connectivity index (χ2n) is 5.28. The molecule has 0 heterocycles. The molecule has 4 heteroatoms. The Balaban J connectivity index is 2.84. The minimum atomic E-state index is -0.550. The number of ether oxygens (including phenoxy) is 1. The molecule has 0 aliphatic carbocycles. The molecule has 0 unspecified atom stereocenters. The van der Waals surface area contributed by atoms with E-state index in [1.165, 1.54) is 12.1 Å². The van der Waals surface area contributed by atoms with Gasteiger partial charge < -0.3 is 14.9 Å². The monoisotopic (exact) mass is 238 g/mol. The Labute approximate surface area is 101 Å². The lowest BCUT2D eigenvalue weighted by atomic mass is 9.99. The van der Waals surface area contributed by atoms with Gasteiger partial charge in [-0.1, -0.05) is 20.8 Å². The van der Waals surface area contributed by atoms with Crippen LogP contribution in [0, 0.1) is 12.3 Å². The topological polar surface area (TPSA) is 66.8 Å². The molecule has 0 spiro atoms. The minimum Gasteiger partial charge on any atom is -0.508 e.